The minimum atomic E-state index is -3.27. The Balaban J connectivity index is 1.93. The molecule has 0 heterocycles. The lowest BCUT2D eigenvalue weighted by atomic mass is 10.1. The van der Waals surface area contributed by atoms with E-state index in [2.05, 4.69) is 0 Å². The molecule has 5 heteroatoms. The number of aliphatic hydroxyl groups excluding tert-OH is 1. The lowest BCUT2D eigenvalue weighted by Crippen LogP contribution is -2.07. The van der Waals surface area contributed by atoms with Gasteiger partial charge in [0, 0.05) is 5.02 Å². The van der Waals surface area contributed by atoms with Gasteiger partial charge in [0.1, 0.15) is 0 Å². The van der Waals surface area contributed by atoms with Crippen molar-refractivity contribution in [3.05, 3.63) is 64.7 Å². The lowest BCUT2D eigenvalue weighted by molar-refractivity contribution is 0.199. The summed E-state index contributed by atoms with van der Waals surface area (Å²) in [5.41, 5.74) is 1.92. The summed E-state index contributed by atoms with van der Waals surface area (Å²) in [5, 5.41) is 9.98. The number of aliphatic hydroxyl groups is 1. The molecule has 118 valence electrons. The molecule has 1 unspecified atom stereocenters. The summed E-state index contributed by atoms with van der Waals surface area (Å²) >= 11 is 5.77. The van der Waals surface area contributed by atoms with Crippen molar-refractivity contribution in [3.63, 3.8) is 0 Å². The fraction of sp³-hybridized carbons (Fsp3) is 0.294. The minimum absolute atomic E-state index is 0.104. The van der Waals surface area contributed by atoms with Crippen molar-refractivity contribution in [2.45, 2.75) is 30.8 Å². The molecule has 1 N–H and O–H groups in total. The number of benzene rings is 2. The molecular weight excluding hydrogens is 320 g/mol. The molecule has 1 atom stereocenters. The summed E-state index contributed by atoms with van der Waals surface area (Å²) in [6.07, 6.45) is 0.755. The topological polar surface area (TPSA) is 54.4 Å². The van der Waals surface area contributed by atoms with Crippen LogP contribution in [0.4, 0.5) is 0 Å². The molecule has 0 amide bonds. The normalized spacial score (nSPS) is 13.0. The average molecular weight is 339 g/mol. The number of hydrogen-bond acceptors (Lipinski definition) is 3. The molecule has 0 fully saturated rings. The van der Waals surface area contributed by atoms with Crippen LogP contribution in [0.2, 0.25) is 5.02 Å². The second-order valence-electron chi connectivity index (χ2n) is 5.29. The van der Waals surface area contributed by atoms with E-state index in [4.69, 9.17) is 11.6 Å². The van der Waals surface area contributed by atoms with Crippen LogP contribution in [0.5, 0.6) is 0 Å². The van der Waals surface area contributed by atoms with E-state index in [0.717, 1.165) is 11.1 Å². The molecule has 0 aliphatic heterocycles. The molecule has 0 saturated carbocycles. The Kier molecular flexibility index (Phi) is 5.62. The van der Waals surface area contributed by atoms with E-state index in [1.807, 2.05) is 24.3 Å². The van der Waals surface area contributed by atoms with Gasteiger partial charge < -0.3 is 5.11 Å². The van der Waals surface area contributed by atoms with Crippen LogP contribution in [0.15, 0.2) is 53.4 Å². The highest BCUT2D eigenvalue weighted by molar-refractivity contribution is 7.91. The van der Waals surface area contributed by atoms with Crippen molar-refractivity contribution in [1.82, 2.24) is 0 Å². The van der Waals surface area contributed by atoms with Crippen LogP contribution in [0.25, 0.3) is 0 Å². The van der Waals surface area contributed by atoms with Crippen LogP contribution in [-0.2, 0) is 16.3 Å². The van der Waals surface area contributed by atoms with Crippen molar-refractivity contribution >= 4 is 21.4 Å². The molecule has 2 aromatic rings. The molecule has 0 aromatic heterocycles. The van der Waals surface area contributed by atoms with E-state index in [9.17, 15) is 13.5 Å². The predicted octanol–water partition coefficient (Wildman–Crippen LogP) is 3.80. The molecule has 0 saturated heterocycles. The molecule has 0 aliphatic carbocycles. The molecule has 0 aliphatic rings. The second-order valence-corrected chi connectivity index (χ2v) is 7.84. The molecule has 0 bridgehead atoms. The zero-order valence-corrected chi connectivity index (χ0v) is 13.9. The fourth-order valence-electron chi connectivity index (χ4n) is 2.19. The van der Waals surface area contributed by atoms with E-state index in [1.54, 1.807) is 19.1 Å². The quantitative estimate of drug-likeness (QED) is 0.871. The van der Waals surface area contributed by atoms with E-state index in [-0.39, 0.29) is 5.75 Å². The Labute approximate surface area is 136 Å². The number of rotatable bonds is 6. The zero-order chi connectivity index (χ0) is 16.2. The second kappa shape index (κ2) is 7.27. The predicted molar refractivity (Wildman–Crippen MR) is 88.9 cm³/mol. The number of hydrogen-bond donors (Lipinski definition) is 1. The van der Waals surface area contributed by atoms with Crippen molar-refractivity contribution in [2.24, 2.45) is 0 Å². The lowest BCUT2D eigenvalue weighted by Gasteiger charge is -2.07. The van der Waals surface area contributed by atoms with Gasteiger partial charge in [0.2, 0.25) is 0 Å². The highest BCUT2D eigenvalue weighted by Gasteiger charge is 2.13. The maximum absolute atomic E-state index is 12.2. The number of sulfone groups is 1. The van der Waals surface area contributed by atoms with E-state index >= 15 is 0 Å². The Bertz CT molecular complexity index is 705. The highest BCUT2D eigenvalue weighted by Crippen LogP contribution is 2.18. The van der Waals surface area contributed by atoms with Crippen LogP contribution in [0.3, 0.4) is 0 Å². The van der Waals surface area contributed by atoms with Gasteiger partial charge in [-0.25, -0.2) is 8.42 Å². The summed E-state index contributed by atoms with van der Waals surface area (Å²) in [6.45, 7) is 1.72. The summed E-state index contributed by atoms with van der Waals surface area (Å²) in [4.78, 5) is 0.307. The van der Waals surface area contributed by atoms with Gasteiger partial charge >= 0.3 is 0 Å². The van der Waals surface area contributed by atoms with Crippen LogP contribution in [0.1, 0.15) is 30.6 Å². The van der Waals surface area contributed by atoms with Gasteiger partial charge in [0.25, 0.3) is 0 Å². The largest absolute Gasteiger partial charge is 0.389 e. The van der Waals surface area contributed by atoms with E-state index < -0.39 is 15.9 Å². The third-order valence-corrected chi connectivity index (χ3v) is 5.58. The molecule has 2 rings (SSSR count). The van der Waals surface area contributed by atoms with E-state index in [0.29, 0.717) is 22.8 Å². The van der Waals surface area contributed by atoms with Gasteiger partial charge in [0.15, 0.2) is 9.84 Å². The van der Waals surface area contributed by atoms with Crippen molar-refractivity contribution in [1.29, 1.82) is 0 Å². The van der Waals surface area contributed by atoms with Gasteiger partial charge in [-0.3, -0.25) is 0 Å². The Morgan fingerprint density at radius 2 is 1.64 bits per heavy atom. The molecule has 22 heavy (non-hydrogen) atoms. The van der Waals surface area contributed by atoms with Gasteiger partial charge in [-0.1, -0.05) is 35.9 Å². The first-order valence-electron chi connectivity index (χ1n) is 7.14. The van der Waals surface area contributed by atoms with E-state index in [1.165, 1.54) is 12.1 Å². The maximum atomic E-state index is 12.2. The molecule has 3 nitrogen and oxygen atoms in total. The molecule has 0 spiro atoms. The highest BCUT2D eigenvalue weighted by atomic mass is 35.5. The Morgan fingerprint density at radius 1 is 1.05 bits per heavy atom. The first-order valence-corrected chi connectivity index (χ1v) is 9.17. The maximum Gasteiger partial charge on any atom is 0.178 e. The summed E-state index contributed by atoms with van der Waals surface area (Å²) in [5.74, 6) is 0.104. The monoisotopic (exact) mass is 338 g/mol. The fourth-order valence-corrected chi connectivity index (χ4v) is 3.63. The van der Waals surface area contributed by atoms with Crippen molar-refractivity contribution < 1.29 is 13.5 Å². The first kappa shape index (κ1) is 17.0. The standard InChI is InChI=1S/C17H19ClO3S/c1-13(19)15-6-4-14(5-7-15)3-2-12-22(20,21)17-10-8-16(18)9-11-17/h4-11,13,19H,2-3,12H2,1H3. The summed E-state index contributed by atoms with van der Waals surface area (Å²) < 4.78 is 24.4. The molecule has 0 radical (unpaired) electrons. The van der Waals surface area contributed by atoms with Crippen LogP contribution in [0, 0.1) is 0 Å². The van der Waals surface area contributed by atoms with Crippen molar-refractivity contribution in [3.8, 4) is 0 Å². The summed E-state index contributed by atoms with van der Waals surface area (Å²) in [6, 6.07) is 13.8. The number of halogens is 1. The smallest absolute Gasteiger partial charge is 0.178 e. The average Bonchev–Trinajstić information content (AvgIpc) is 2.48. The van der Waals surface area contributed by atoms with Crippen LogP contribution < -0.4 is 0 Å². The van der Waals surface area contributed by atoms with Gasteiger partial charge in [-0.15, -0.1) is 0 Å². The van der Waals surface area contributed by atoms with Crippen LogP contribution >= 0.6 is 11.6 Å². The Morgan fingerprint density at radius 3 is 2.18 bits per heavy atom. The third-order valence-electron chi connectivity index (χ3n) is 3.51. The van der Waals surface area contributed by atoms with Gasteiger partial charge in [0.05, 0.1) is 16.8 Å². The molecular formula is C17H19ClO3S. The SMILES string of the molecule is CC(O)c1ccc(CCCS(=O)(=O)c2ccc(Cl)cc2)cc1. The zero-order valence-electron chi connectivity index (χ0n) is 12.4. The Hall–Kier alpha value is -1.36. The minimum Gasteiger partial charge on any atom is -0.389 e. The van der Waals surface area contributed by atoms with Crippen molar-refractivity contribution in [2.75, 3.05) is 5.75 Å². The molecule has 2 aromatic carbocycles. The summed E-state index contributed by atoms with van der Waals surface area (Å²) in [7, 11) is -3.27. The third kappa shape index (κ3) is 4.57. The van der Waals surface area contributed by atoms with Gasteiger partial charge in [-0.2, -0.15) is 0 Å². The van der Waals surface area contributed by atoms with Gasteiger partial charge in [-0.05, 0) is 55.2 Å². The first-order chi connectivity index (χ1) is 10.4. The number of aryl methyl sites for hydroxylation is 1. The van der Waals surface area contributed by atoms with Crippen LogP contribution in [-0.4, -0.2) is 19.3 Å².